The fraction of sp³-hybridized carbons (Fsp3) is 0.400. The molecule has 2 rings (SSSR count). The van der Waals surface area contributed by atoms with Gasteiger partial charge in [0.25, 0.3) is 0 Å². The summed E-state index contributed by atoms with van der Waals surface area (Å²) < 4.78 is 5.51. The van der Waals surface area contributed by atoms with Gasteiger partial charge in [-0.25, -0.2) is 0 Å². The van der Waals surface area contributed by atoms with Gasteiger partial charge in [0.05, 0.1) is 12.3 Å². The van der Waals surface area contributed by atoms with Gasteiger partial charge in [-0.05, 0) is 30.9 Å². The third-order valence-corrected chi connectivity index (χ3v) is 2.33. The van der Waals surface area contributed by atoms with Gasteiger partial charge in [0, 0.05) is 0 Å². The van der Waals surface area contributed by atoms with Crippen LogP contribution in [0.2, 0.25) is 0 Å². The zero-order valence-corrected chi connectivity index (χ0v) is 7.26. The predicted molar refractivity (Wildman–Crippen MR) is 49.4 cm³/mol. The van der Waals surface area contributed by atoms with Crippen LogP contribution in [0.4, 0.5) is 5.69 Å². The molecule has 1 aliphatic heterocycles. The van der Waals surface area contributed by atoms with E-state index in [0.29, 0.717) is 0 Å². The number of hydrogen-bond acceptors (Lipinski definition) is 2. The first kappa shape index (κ1) is 7.47. The van der Waals surface area contributed by atoms with E-state index in [1.807, 2.05) is 6.92 Å². The minimum Gasteiger partial charge on any atom is -0.491 e. The molecule has 2 N–H and O–H groups in total. The average Bonchev–Trinajstić information content (AvgIpc) is 2.12. The van der Waals surface area contributed by atoms with Gasteiger partial charge in [0.15, 0.2) is 0 Å². The molecular weight excluding hydrogens is 150 g/mol. The Morgan fingerprint density at radius 1 is 1.42 bits per heavy atom. The standard InChI is InChI=1S/C10H13NO/c1-7-4-5-8-3-2-6-12-10(8)9(7)11/h4-5H,2-3,6,11H2,1H3. The fourth-order valence-corrected chi connectivity index (χ4v) is 1.55. The van der Waals surface area contributed by atoms with Crippen molar-refractivity contribution in [1.82, 2.24) is 0 Å². The molecule has 0 saturated heterocycles. The van der Waals surface area contributed by atoms with Gasteiger partial charge in [0.1, 0.15) is 5.75 Å². The third kappa shape index (κ3) is 1.04. The molecule has 0 fully saturated rings. The zero-order chi connectivity index (χ0) is 8.55. The zero-order valence-electron chi connectivity index (χ0n) is 7.26. The van der Waals surface area contributed by atoms with Crippen molar-refractivity contribution in [2.24, 2.45) is 0 Å². The normalized spacial score (nSPS) is 15.1. The molecule has 0 unspecified atom stereocenters. The van der Waals surface area contributed by atoms with E-state index in [0.717, 1.165) is 36.4 Å². The molecule has 0 radical (unpaired) electrons. The summed E-state index contributed by atoms with van der Waals surface area (Å²) in [5.41, 5.74) is 9.05. The summed E-state index contributed by atoms with van der Waals surface area (Å²) >= 11 is 0. The topological polar surface area (TPSA) is 35.2 Å². The number of nitrogen functional groups attached to an aromatic ring is 1. The number of nitrogens with two attached hydrogens (primary N) is 1. The van der Waals surface area contributed by atoms with Gasteiger partial charge in [-0.1, -0.05) is 12.1 Å². The van der Waals surface area contributed by atoms with Gasteiger partial charge in [0.2, 0.25) is 0 Å². The molecule has 2 nitrogen and oxygen atoms in total. The van der Waals surface area contributed by atoms with Crippen molar-refractivity contribution in [3.8, 4) is 5.75 Å². The Balaban J connectivity index is 2.54. The van der Waals surface area contributed by atoms with Crippen LogP contribution in [0, 0.1) is 6.92 Å². The van der Waals surface area contributed by atoms with E-state index in [1.54, 1.807) is 0 Å². The summed E-state index contributed by atoms with van der Waals surface area (Å²) in [6.45, 7) is 2.81. The van der Waals surface area contributed by atoms with Crippen molar-refractivity contribution in [2.75, 3.05) is 12.3 Å². The van der Waals surface area contributed by atoms with Crippen molar-refractivity contribution in [1.29, 1.82) is 0 Å². The SMILES string of the molecule is Cc1ccc2c(c1N)OCCC2. The molecule has 64 valence electrons. The van der Waals surface area contributed by atoms with Crippen LogP contribution in [0.3, 0.4) is 0 Å². The molecule has 0 aromatic heterocycles. The quantitative estimate of drug-likeness (QED) is 0.593. The highest BCUT2D eigenvalue weighted by Gasteiger charge is 2.13. The van der Waals surface area contributed by atoms with Gasteiger partial charge in [-0.15, -0.1) is 0 Å². The summed E-state index contributed by atoms with van der Waals surface area (Å²) in [5.74, 6) is 0.918. The highest BCUT2D eigenvalue weighted by atomic mass is 16.5. The second-order valence-electron chi connectivity index (χ2n) is 3.24. The van der Waals surface area contributed by atoms with Crippen LogP contribution in [0.1, 0.15) is 17.5 Å². The highest BCUT2D eigenvalue weighted by Crippen LogP contribution is 2.32. The molecule has 0 saturated carbocycles. The lowest BCUT2D eigenvalue weighted by Crippen LogP contribution is -2.10. The van der Waals surface area contributed by atoms with Crippen LogP contribution in [0.25, 0.3) is 0 Å². The molecule has 1 aromatic carbocycles. The molecule has 0 atom stereocenters. The molecule has 1 aromatic rings. The lowest BCUT2D eigenvalue weighted by molar-refractivity contribution is 0.290. The molecule has 0 amide bonds. The molecule has 2 heteroatoms. The Kier molecular flexibility index (Phi) is 1.68. The summed E-state index contributed by atoms with van der Waals surface area (Å²) in [5, 5.41) is 0. The molecular formula is C10H13NO. The summed E-state index contributed by atoms with van der Waals surface area (Å²) in [4.78, 5) is 0. The second kappa shape index (κ2) is 2.70. The minimum atomic E-state index is 0.806. The number of anilines is 1. The Bertz CT molecular complexity index is 307. The lowest BCUT2D eigenvalue weighted by atomic mass is 10.0. The first-order chi connectivity index (χ1) is 5.79. The lowest BCUT2D eigenvalue weighted by Gasteiger charge is -2.19. The number of fused-ring (bicyclic) bond motifs is 1. The Labute approximate surface area is 72.3 Å². The van der Waals surface area contributed by atoms with Crippen LogP contribution in [0.15, 0.2) is 12.1 Å². The van der Waals surface area contributed by atoms with E-state index in [9.17, 15) is 0 Å². The predicted octanol–water partition coefficient (Wildman–Crippen LogP) is 1.90. The van der Waals surface area contributed by atoms with Crippen LogP contribution < -0.4 is 10.5 Å². The first-order valence-electron chi connectivity index (χ1n) is 4.30. The molecule has 12 heavy (non-hydrogen) atoms. The number of ether oxygens (including phenoxy) is 1. The Hall–Kier alpha value is -1.18. The largest absolute Gasteiger partial charge is 0.491 e. The smallest absolute Gasteiger partial charge is 0.145 e. The number of hydrogen-bond donors (Lipinski definition) is 1. The van der Waals surface area contributed by atoms with Crippen LogP contribution in [-0.2, 0) is 6.42 Å². The van der Waals surface area contributed by atoms with Crippen LogP contribution >= 0.6 is 0 Å². The number of benzene rings is 1. The van der Waals surface area contributed by atoms with E-state index in [1.165, 1.54) is 5.56 Å². The van der Waals surface area contributed by atoms with Crippen LogP contribution in [-0.4, -0.2) is 6.61 Å². The maximum absolute atomic E-state index is 5.88. The Morgan fingerprint density at radius 3 is 3.08 bits per heavy atom. The molecule has 0 aliphatic carbocycles. The molecule has 0 spiro atoms. The minimum absolute atomic E-state index is 0.806. The monoisotopic (exact) mass is 163 g/mol. The third-order valence-electron chi connectivity index (χ3n) is 2.33. The fourth-order valence-electron chi connectivity index (χ4n) is 1.55. The van der Waals surface area contributed by atoms with Crippen molar-refractivity contribution in [2.45, 2.75) is 19.8 Å². The van der Waals surface area contributed by atoms with E-state index in [2.05, 4.69) is 12.1 Å². The van der Waals surface area contributed by atoms with Crippen molar-refractivity contribution in [3.63, 3.8) is 0 Å². The van der Waals surface area contributed by atoms with Gasteiger partial charge in [-0.3, -0.25) is 0 Å². The van der Waals surface area contributed by atoms with Crippen molar-refractivity contribution in [3.05, 3.63) is 23.3 Å². The number of rotatable bonds is 0. The first-order valence-corrected chi connectivity index (χ1v) is 4.30. The van der Waals surface area contributed by atoms with E-state index in [-0.39, 0.29) is 0 Å². The summed E-state index contributed by atoms with van der Waals surface area (Å²) in [7, 11) is 0. The van der Waals surface area contributed by atoms with E-state index >= 15 is 0 Å². The maximum Gasteiger partial charge on any atom is 0.145 e. The molecule has 0 bridgehead atoms. The van der Waals surface area contributed by atoms with Gasteiger partial charge >= 0.3 is 0 Å². The maximum atomic E-state index is 5.88. The number of aryl methyl sites for hydroxylation is 2. The van der Waals surface area contributed by atoms with Crippen molar-refractivity contribution < 1.29 is 4.74 Å². The summed E-state index contributed by atoms with van der Waals surface area (Å²) in [6, 6.07) is 4.17. The van der Waals surface area contributed by atoms with Crippen molar-refractivity contribution >= 4 is 5.69 Å². The van der Waals surface area contributed by atoms with E-state index < -0.39 is 0 Å². The average molecular weight is 163 g/mol. The van der Waals surface area contributed by atoms with Gasteiger partial charge in [-0.2, -0.15) is 0 Å². The highest BCUT2D eigenvalue weighted by molar-refractivity contribution is 5.62. The van der Waals surface area contributed by atoms with E-state index in [4.69, 9.17) is 10.5 Å². The second-order valence-corrected chi connectivity index (χ2v) is 3.24. The Morgan fingerprint density at radius 2 is 2.25 bits per heavy atom. The summed E-state index contributed by atoms with van der Waals surface area (Å²) in [6.07, 6.45) is 2.20. The molecule has 1 aliphatic rings. The van der Waals surface area contributed by atoms with Crippen LogP contribution in [0.5, 0.6) is 5.75 Å². The molecule has 1 heterocycles. The van der Waals surface area contributed by atoms with Gasteiger partial charge < -0.3 is 10.5 Å².